The highest BCUT2D eigenvalue weighted by molar-refractivity contribution is 6.24. The molecule has 39 heavy (non-hydrogen) atoms. The lowest BCUT2D eigenvalue weighted by Crippen LogP contribution is -2.50. The average molecular weight is 528 g/mol. The standard InChI is InChI=1S/C33H41N3O3/c1-25(2)39-33(37)31-30(28-13-7-4-8-14-28)16-17-34-32(31)36-20-18-35(19-21-36)23-27-12-9-15-29(22-27)38-24-26-10-5-3-6-11-26/h4-5,7-10,12-15,22,25-26H,3,6,11,16-21,23-24H2,1-2H3. The van der Waals surface area contributed by atoms with Gasteiger partial charge in [0.25, 0.3) is 0 Å². The molecule has 0 saturated carbocycles. The molecule has 2 aromatic rings. The Kier molecular flexibility index (Phi) is 9.15. The summed E-state index contributed by atoms with van der Waals surface area (Å²) in [6, 6.07) is 18.7. The fraction of sp³-hybridized carbons (Fsp3) is 0.455. The lowest BCUT2D eigenvalue weighted by atomic mass is 9.93. The zero-order valence-corrected chi connectivity index (χ0v) is 23.4. The molecule has 1 saturated heterocycles. The van der Waals surface area contributed by atoms with Crippen LogP contribution in [0.25, 0.3) is 5.57 Å². The number of allylic oxidation sites excluding steroid dienone is 1. The van der Waals surface area contributed by atoms with Crippen LogP contribution in [0.4, 0.5) is 0 Å². The summed E-state index contributed by atoms with van der Waals surface area (Å²) in [4.78, 5) is 22.9. The van der Waals surface area contributed by atoms with Crippen molar-refractivity contribution in [1.29, 1.82) is 0 Å². The minimum Gasteiger partial charge on any atom is -0.493 e. The molecule has 206 valence electrons. The van der Waals surface area contributed by atoms with Crippen molar-refractivity contribution in [2.45, 2.75) is 52.2 Å². The van der Waals surface area contributed by atoms with E-state index >= 15 is 0 Å². The molecule has 3 aliphatic rings. The van der Waals surface area contributed by atoms with Crippen LogP contribution >= 0.6 is 0 Å². The quantitative estimate of drug-likeness (QED) is 0.323. The number of aliphatic imine (C=N–C) groups is 1. The van der Waals surface area contributed by atoms with E-state index in [2.05, 4.69) is 58.4 Å². The first-order valence-corrected chi connectivity index (χ1v) is 14.5. The van der Waals surface area contributed by atoms with Gasteiger partial charge in [0.2, 0.25) is 0 Å². The van der Waals surface area contributed by atoms with Gasteiger partial charge in [-0.25, -0.2) is 4.79 Å². The molecule has 6 heteroatoms. The van der Waals surface area contributed by atoms with Gasteiger partial charge in [-0.1, -0.05) is 54.6 Å². The SMILES string of the molecule is CC(C)OC(=O)C1=C(c2ccccc2)CCN=C1N1CCN(Cc2cccc(OCC3C=CCCC3)c2)CC1. The zero-order valence-electron chi connectivity index (χ0n) is 23.4. The van der Waals surface area contributed by atoms with E-state index in [0.29, 0.717) is 18.0 Å². The number of nitrogens with zero attached hydrogens (tertiary/aromatic N) is 3. The van der Waals surface area contributed by atoms with Gasteiger partial charge in [-0.2, -0.15) is 0 Å². The first kappa shape index (κ1) is 27.2. The van der Waals surface area contributed by atoms with Gasteiger partial charge >= 0.3 is 5.97 Å². The van der Waals surface area contributed by atoms with E-state index in [1.807, 2.05) is 32.0 Å². The summed E-state index contributed by atoms with van der Waals surface area (Å²) in [5.41, 5.74) is 4.00. The Bertz CT molecular complexity index is 1210. The summed E-state index contributed by atoms with van der Waals surface area (Å²) in [5, 5.41) is 0. The van der Waals surface area contributed by atoms with Gasteiger partial charge in [0.05, 0.1) is 12.7 Å². The second kappa shape index (κ2) is 13.1. The van der Waals surface area contributed by atoms with Gasteiger partial charge in [0.15, 0.2) is 0 Å². The van der Waals surface area contributed by atoms with E-state index in [1.54, 1.807) is 0 Å². The van der Waals surface area contributed by atoms with Gasteiger partial charge in [-0.15, -0.1) is 0 Å². The number of hydrogen-bond donors (Lipinski definition) is 0. The third-order valence-electron chi connectivity index (χ3n) is 7.61. The number of carbonyl (C=O) groups excluding carboxylic acids is 1. The largest absolute Gasteiger partial charge is 0.493 e. The van der Waals surface area contributed by atoms with Gasteiger partial charge in [0, 0.05) is 45.2 Å². The number of amidine groups is 1. The van der Waals surface area contributed by atoms with E-state index in [1.165, 1.54) is 24.8 Å². The monoisotopic (exact) mass is 527 g/mol. The molecule has 1 unspecified atom stereocenters. The normalized spacial score (nSPS) is 20.2. The Balaban J connectivity index is 1.23. The molecular weight excluding hydrogens is 486 g/mol. The Morgan fingerprint density at radius 2 is 1.87 bits per heavy atom. The average Bonchev–Trinajstić information content (AvgIpc) is 2.97. The molecular formula is C33H41N3O3. The van der Waals surface area contributed by atoms with E-state index in [-0.39, 0.29) is 12.1 Å². The topological polar surface area (TPSA) is 54.4 Å². The second-order valence-corrected chi connectivity index (χ2v) is 11.0. The van der Waals surface area contributed by atoms with Gasteiger partial charge in [0.1, 0.15) is 17.2 Å². The Labute approximate surface area is 233 Å². The molecule has 0 spiro atoms. The van der Waals surface area contributed by atoms with E-state index < -0.39 is 0 Å². The summed E-state index contributed by atoms with van der Waals surface area (Å²) in [7, 11) is 0. The maximum atomic E-state index is 13.3. The lowest BCUT2D eigenvalue weighted by molar-refractivity contribution is -0.142. The minimum atomic E-state index is -0.273. The van der Waals surface area contributed by atoms with E-state index in [4.69, 9.17) is 14.5 Å². The zero-order chi connectivity index (χ0) is 27.0. The van der Waals surface area contributed by atoms with Crippen molar-refractivity contribution < 1.29 is 14.3 Å². The third-order valence-corrected chi connectivity index (χ3v) is 7.61. The van der Waals surface area contributed by atoms with Crippen molar-refractivity contribution in [3.63, 3.8) is 0 Å². The Morgan fingerprint density at radius 3 is 2.62 bits per heavy atom. The van der Waals surface area contributed by atoms with Gasteiger partial charge < -0.3 is 14.4 Å². The highest BCUT2D eigenvalue weighted by atomic mass is 16.5. The van der Waals surface area contributed by atoms with Crippen LogP contribution in [-0.2, 0) is 16.1 Å². The molecule has 2 aliphatic heterocycles. The molecule has 0 N–H and O–H groups in total. The predicted octanol–water partition coefficient (Wildman–Crippen LogP) is 5.75. The molecule has 2 heterocycles. The molecule has 0 radical (unpaired) electrons. The number of benzene rings is 2. The van der Waals surface area contributed by atoms with Gasteiger partial charge in [-0.05, 0) is 68.4 Å². The maximum absolute atomic E-state index is 13.3. The molecule has 1 atom stereocenters. The van der Waals surface area contributed by atoms with Crippen LogP contribution in [0, 0.1) is 5.92 Å². The van der Waals surface area contributed by atoms with Crippen LogP contribution in [0.5, 0.6) is 5.75 Å². The smallest absolute Gasteiger partial charge is 0.342 e. The first-order chi connectivity index (χ1) is 19.1. The van der Waals surface area contributed by atoms with Crippen molar-refractivity contribution >= 4 is 17.4 Å². The number of ether oxygens (including phenoxy) is 2. The van der Waals surface area contributed by atoms with Crippen molar-refractivity contribution in [2.75, 3.05) is 39.3 Å². The Hall–Kier alpha value is -3.38. The van der Waals surface area contributed by atoms with Crippen molar-refractivity contribution in [3.05, 3.63) is 83.4 Å². The summed E-state index contributed by atoms with van der Waals surface area (Å²) < 4.78 is 11.8. The summed E-state index contributed by atoms with van der Waals surface area (Å²) in [5.74, 6) is 1.99. The fourth-order valence-corrected chi connectivity index (χ4v) is 5.62. The maximum Gasteiger partial charge on any atom is 0.342 e. The van der Waals surface area contributed by atoms with Crippen LogP contribution in [0.2, 0.25) is 0 Å². The summed E-state index contributed by atoms with van der Waals surface area (Å²) in [6.07, 6.45) is 8.81. The molecule has 1 fully saturated rings. The molecule has 0 bridgehead atoms. The number of rotatable bonds is 8. The summed E-state index contributed by atoms with van der Waals surface area (Å²) in [6.45, 7) is 9.57. The lowest BCUT2D eigenvalue weighted by Gasteiger charge is -2.38. The third kappa shape index (κ3) is 7.18. The van der Waals surface area contributed by atoms with Crippen LogP contribution in [0.1, 0.15) is 50.7 Å². The first-order valence-electron chi connectivity index (χ1n) is 14.5. The molecule has 5 rings (SSSR count). The van der Waals surface area contributed by atoms with Crippen LogP contribution < -0.4 is 4.74 Å². The van der Waals surface area contributed by atoms with Crippen molar-refractivity contribution in [1.82, 2.24) is 9.80 Å². The molecule has 6 nitrogen and oxygen atoms in total. The highest BCUT2D eigenvalue weighted by Crippen LogP contribution is 2.30. The number of dihydropyridines is 1. The molecule has 0 aromatic heterocycles. The number of carbonyl (C=O) groups is 1. The molecule has 0 amide bonds. The summed E-state index contributed by atoms with van der Waals surface area (Å²) >= 11 is 0. The fourth-order valence-electron chi connectivity index (χ4n) is 5.62. The number of hydrogen-bond acceptors (Lipinski definition) is 6. The predicted molar refractivity (Wildman–Crippen MR) is 157 cm³/mol. The van der Waals surface area contributed by atoms with Gasteiger partial charge in [-0.3, -0.25) is 9.89 Å². The van der Waals surface area contributed by atoms with Crippen molar-refractivity contribution in [3.8, 4) is 5.75 Å². The number of esters is 1. The second-order valence-electron chi connectivity index (χ2n) is 11.0. The molecule has 2 aromatic carbocycles. The van der Waals surface area contributed by atoms with E-state index in [9.17, 15) is 4.79 Å². The van der Waals surface area contributed by atoms with Crippen LogP contribution in [0.3, 0.4) is 0 Å². The number of piperazine rings is 1. The van der Waals surface area contributed by atoms with Crippen molar-refractivity contribution in [2.24, 2.45) is 10.9 Å². The molecule has 1 aliphatic carbocycles. The van der Waals surface area contributed by atoms with Crippen LogP contribution in [-0.4, -0.2) is 67.0 Å². The van der Waals surface area contributed by atoms with E-state index in [0.717, 1.165) is 68.5 Å². The highest BCUT2D eigenvalue weighted by Gasteiger charge is 2.32. The minimum absolute atomic E-state index is 0.180. The van der Waals surface area contributed by atoms with Crippen LogP contribution in [0.15, 0.2) is 77.3 Å². The Morgan fingerprint density at radius 1 is 1.05 bits per heavy atom.